The zero-order chi connectivity index (χ0) is 13.6. The molecule has 1 aromatic carbocycles. The number of likely N-dealkylation sites (N-methyl/N-ethyl adjacent to an activating group) is 1. The van der Waals surface area contributed by atoms with Crippen LogP contribution in [0.2, 0.25) is 0 Å². The van der Waals surface area contributed by atoms with E-state index in [0.29, 0.717) is 5.69 Å². The van der Waals surface area contributed by atoms with E-state index in [9.17, 15) is 13.2 Å². The van der Waals surface area contributed by atoms with Crippen molar-refractivity contribution in [1.29, 1.82) is 0 Å². The number of hydrogen-bond acceptors (Lipinski definition) is 3. The lowest BCUT2D eigenvalue weighted by Gasteiger charge is -2.15. The molecule has 5 nitrogen and oxygen atoms in total. The number of carbonyl (C=O) groups excluding carboxylic acids is 1. The minimum absolute atomic E-state index is 0.00692. The van der Waals surface area contributed by atoms with Crippen LogP contribution in [-0.4, -0.2) is 43.9 Å². The van der Waals surface area contributed by atoms with Gasteiger partial charge in [-0.25, -0.2) is 8.42 Å². The normalized spacial score (nSPS) is 11.5. The lowest BCUT2D eigenvalue weighted by atomic mass is 10.3. The highest BCUT2D eigenvalue weighted by molar-refractivity contribution is 7.89. The number of carbonyl (C=O) groups is 1. The highest BCUT2D eigenvalue weighted by Gasteiger charge is 2.19. The molecular formula is C11H15ClN2O3S. The second-order valence-electron chi connectivity index (χ2n) is 3.68. The molecule has 0 aliphatic rings. The zero-order valence-electron chi connectivity index (χ0n) is 9.97. The summed E-state index contributed by atoms with van der Waals surface area (Å²) < 4.78 is 24.2. The highest BCUT2D eigenvalue weighted by atomic mass is 35.5. The number of anilines is 1. The molecule has 1 aromatic rings. The van der Waals surface area contributed by atoms with Crippen LogP contribution in [0.25, 0.3) is 0 Å². The molecule has 0 aliphatic carbocycles. The summed E-state index contributed by atoms with van der Waals surface area (Å²) in [6, 6.07) is 8.84. The van der Waals surface area contributed by atoms with E-state index in [4.69, 9.17) is 11.6 Å². The van der Waals surface area contributed by atoms with Gasteiger partial charge in [0.05, 0.1) is 12.3 Å². The third kappa shape index (κ3) is 4.64. The van der Waals surface area contributed by atoms with E-state index >= 15 is 0 Å². The van der Waals surface area contributed by atoms with Gasteiger partial charge in [0.2, 0.25) is 15.9 Å². The first-order valence-electron chi connectivity index (χ1n) is 5.30. The molecule has 1 amide bonds. The Bertz CT molecular complexity index is 490. The molecule has 18 heavy (non-hydrogen) atoms. The number of nitrogens with zero attached hydrogens (tertiary/aromatic N) is 1. The van der Waals surface area contributed by atoms with Crippen molar-refractivity contribution in [1.82, 2.24) is 4.31 Å². The minimum atomic E-state index is -3.46. The minimum Gasteiger partial charge on any atom is -0.325 e. The van der Waals surface area contributed by atoms with E-state index in [0.717, 1.165) is 4.31 Å². The number of halogens is 1. The summed E-state index contributed by atoms with van der Waals surface area (Å²) in [5.41, 5.74) is 0.630. The summed E-state index contributed by atoms with van der Waals surface area (Å²) in [6.45, 7) is -0.228. The van der Waals surface area contributed by atoms with Crippen LogP contribution in [0.3, 0.4) is 0 Å². The largest absolute Gasteiger partial charge is 0.325 e. The van der Waals surface area contributed by atoms with Crippen molar-refractivity contribution in [3.8, 4) is 0 Å². The fraction of sp³-hybridized carbons (Fsp3) is 0.364. The number of alkyl halides is 1. The molecule has 0 unspecified atom stereocenters. The molecule has 0 bridgehead atoms. The summed E-state index contributed by atoms with van der Waals surface area (Å²) in [5, 5.41) is 2.61. The summed E-state index contributed by atoms with van der Waals surface area (Å²) >= 11 is 5.39. The SMILES string of the molecule is CN(CC(=O)Nc1ccccc1)S(=O)(=O)CCCl. The fourth-order valence-corrected chi connectivity index (χ4v) is 2.68. The van der Waals surface area contributed by atoms with E-state index in [1.165, 1.54) is 7.05 Å². The van der Waals surface area contributed by atoms with Crippen molar-refractivity contribution < 1.29 is 13.2 Å². The highest BCUT2D eigenvalue weighted by Crippen LogP contribution is 2.05. The number of amides is 1. The third-order valence-corrected chi connectivity index (χ3v) is 4.45. The van der Waals surface area contributed by atoms with Crippen LogP contribution in [0, 0.1) is 0 Å². The molecule has 7 heteroatoms. The maximum absolute atomic E-state index is 11.6. The molecule has 0 atom stereocenters. The molecular weight excluding hydrogens is 276 g/mol. The van der Waals surface area contributed by atoms with Crippen molar-refractivity contribution in [3.63, 3.8) is 0 Å². The van der Waals surface area contributed by atoms with Gasteiger partial charge in [-0.3, -0.25) is 4.79 Å². The maximum atomic E-state index is 11.6. The molecule has 0 aromatic heterocycles. The Balaban J connectivity index is 2.55. The third-order valence-electron chi connectivity index (χ3n) is 2.23. The Morgan fingerprint density at radius 3 is 2.50 bits per heavy atom. The van der Waals surface area contributed by atoms with Crippen molar-refractivity contribution in [2.75, 3.05) is 30.5 Å². The average molecular weight is 291 g/mol. The predicted molar refractivity (Wildman–Crippen MR) is 72.2 cm³/mol. The van der Waals surface area contributed by atoms with Gasteiger partial charge in [0, 0.05) is 18.6 Å². The van der Waals surface area contributed by atoms with E-state index < -0.39 is 10.0 Å². The Labute approximate surface area is 112 Å². The average Bonchev–Trinajstić information content (AvgIpc) is 2.29. The first kappa shape index (κ1) is 14.9. The smallest absolute Gasteiger partial charge is 0.239 e. The second-order valence-corrected chi connectivity index (χ2v) is 6.25. The number of benzene rings is 1. The molecule has 0 spiro atoms. The van der Waals surface area contributed by atoms with Gasteiger partial charge in [-0.2, -0.15) is 4.31 Å². The van der Waals surface area contributed by atoms with Gasteiger partial charge in [0.25, 0.3) is 0 Å². The number of para-hydroxylation sites is 1. The quantitative estimate of drug-likeness (QED) is 0.799. The van der Waals surface area contributed by atoms with Crippen molar-refractivity contribution in [2.45, 2.75) is 0 Å². The van der Waals surface area contributed by atoms with Gasteiger partial charge in [-0.05, 0) is 12.1 Å². The second kappa shape index (κ2) is 6.72. The summed E-state index contributed by atoms with van der Waals surface area (Å²) in [5.74, 6) is -0.557. The predicted octanol–water partition coefficient (Wildman–Crippen LogP) is 1.13. The van der Waals surface area contributed by atoms with E-state index in [2.05, 4.69) is 5.32 Å². The van der Waals surface area contributed by atoms with Crippen LogP contribution >= 0.6 is 11.6 Å². The molecule has 100 valence electrons. The van der Waals surface area contributed by atoms with Gasteiger partial charge < -0.3 is 5.32 Å². The van der Waals surface area contributed by atoms with Gasteiger partial charge >= 0.3 is 0 Å². The molecule has 0 saturated carbocycles. The summed E-state index contributed by atoms with van der Waals surface area (Å²) in [7, 11) is -2.10. The lowest BCUT2D eigenvalue weighted by molar-refractivity contribution is -0.116. The number of nitrogens with one attached hydrogen (secondary N) is 1. The summed E-state index contributed by atoms with van der Waals surface area (Å²) in [4.78, 5) is 11.6. The first-order valence-corrected chi connectivity index (χ1v) is 7.45. The van der Waals surface area contributed by atoms with E-state index in [-0.39, 0.29) is 24.1 Å². The Morgan fingerprint density at radius 1 is 1.33 bits per heavy atom. The Morgan fingerprint density at radius 2 is 1.94 bits per heavy atom. The van der Waals surface area contributed by atoms with Crippen LogP contribution in [0.4, 0.5) is 5.69 Å². The Hall–Kier alpha value is -1.11. The first-order chi connectivity index (χ1) is 8.45. The number of rotatable bonds is 6. The topological polar surface area (TPSA) is 66.5 Å². The molecule has 0 heterocycles. The van der Waals surface area contributed by atoms with Gasteiger partial charge in [-0.15, -0.1) is 11.6 Å². The number of hydrogen-bond donors (Lipinski definition) is 1. The molecule has 0 fully saturated rings. The van der Waals surface area contributed by atoms with Crippen LogP contribution in [0.5, 0.6) is 0 Å². The zero-order valence-corrected chi connectivity index (χ0v) is 11.5. The van der Waals surface area contributed by atoms with E-state index in [1.807, 2.05) is 6.07 Å². The van der Waals surface area contributed by atoms with Crippen molar-refractivity contribution >= 4 is 33.2 Å². The maximum Gasteiger partial charge on any atom is 0.239 e. The standard InChI is InChI=1S/C11H15ClN2O3S/c1-14(18(16,17)8-7-12)9-11(15)13-10-5-3-2-4-6-10/h2-6H,7-9H2,1H3,(H,13,15). The van der Waals surface area contributed by atoms with Crippen LogP contribution < -0.4 is 5.32 Å². The fourth-order valence-electron chi connectivity index (χ4n) is 1.28. The van der Waals surface area contributed by atoms with Gasteiger partial charge in [-0.1, -0.05) is 18.2 Å². The van der Waals surface area contributed by atoms with Crippen molar-refractivity contribution in [2.24, 2.45) is 0 Å². The molecule has 0 aliphatic heterocycles. The monoisotopic (exact) mass is 290 g/mol. The summed E-state index contributed by atoms with van der Waals surface area (Å²) in [6.07, 6.45) is 0. The van der Waals surface area contributed by atoms with Gasteiger partial charge in [0.1, 0.15) is 0 Å². The Kier molecular flexibility index (Phi) is 5.58. The number of sulfonamides is 1. The van der Waals surface area contributed by atoms with Crippen LogP contribution in [0.15, 0.2) is 30.3 Å². The molecule has 0 saturated heterocycles. The lowest BCUT2D eigenvalue weighted by Crippen LogP contribution is -2.36. The molecule has 0 radical (unpaired) electrons. The molecule has 1 N–H and O–H groups in total. The van der Waals surface area contributed by atoms with Crippen LogP contribution in [-0.2, 0) is 14.8 Å². The molecule has 1 rings (SSSR count). The van der Waals surface area contributed by atoms with E-state index in [1.54, 1.807) is 24.3 Å². The van der Waals surface area contributed by atoms with Crippen LogP contribution in [0.1, 0.15) is 0 Å². The van der Waals surface area contributed by atoms with Gasteiger partial charge in [0.15, 0.2) is 0 Å². The van der Waals surface area contributed by atoms with Crippen molar-refractivity contribution in [3.05, 3.63) is 30.3 Å².